The first-order valence-electron chi connectivity index (χ1n) is 8.13. The summed E-state index contributed by atoms with van der Waals surface area (Å²) in [4.78, 5) is 24.2. The number of piperidine rings is 3. The number of rotatable bonds is 3. The van der Waals surface area contributed by atoms with Gasteiger partial charge >= 0.3 is 0 Å². The van der Waals surface area contributed by atoms with Gasteiger partial charge in [0.1, 0.15) is 9.88 Å². The van der Waals surface area contributed by atoms with Gasteiger partial charge in [-0.3, -0.25) is 14.7 Å². The quantitative estimate of drug-likeness (QED) is 0.940. The van der Waals surface area contributed by atoms with Crippen molar-refractivity contribution in [3.63, 3.8) is 0 Å². The van der Waals surface area contributed by atoms with E-state index in [1.54, 1.807) is 18.6 Å². The highest BCUT2D eigenvalue weighted by Crippen LogP contribution is 2.32. The second kappa shape index (κ2) is 6.02. The Morgan fingerprint density at radius 1 is 1.30 bits per heavy atom. The molecule has 5 rings (SSSR count). The number of carbonyl (C=O) groups is 1. The van der Waals surface area contributed by atoms with Crippen LogP contribution in [0.4, 0.5) is 0 Å². The fraction of sp³-hybridized carbons (Fsp3) is 0.471. The first-order valence-corrected chi connectivity index (χ1v) is 8.95. The second-order valence-electron chi connectivity index (χ2n) is 6.38. The molecule has 3 aliphatic heterocycles. The van der Waals surface area contributed by atoms with Crippen molar-refractivity contribution in [3.05, 3.63) is 35.6 Å². The minimum absolute atomic E-state index is 0.00778. The summed E-state index contributed by atoms with van der Waals surface area (Å²) in [6, 6.07) is 4.52. The number of carbonyl (C=O) groups excluding carboxylic acids is 1. The van der Waals surface area contributed by atoms with Crippen molar-refractivity contribution in [3.8, 4) is 10.6 Å². The van der Waals surface area contributed by atoms with Gasteiger partial charge in [0, 0.05) is 30.0 Å². The molecule has 0 saturated carbocycles. The number of hydrogen-bond acceptors (Lipinski definition) is 5. The van der Waals surface area contributed by atoms with Gasteiger partial charge in [-0.1, -0.05) is 0 Å². The molecule has 3 aliphatic rings. The number of nitrogens with zero attached hydrogens (tertiary/aromatic N) is 3. The van der Waals surface area contributed by atoms with Gasteiger partial charge < -0.3 is 5.32 Å². The van der Waals surface area contributed by atoms with Crippen LogP contribution in [0.3, 0.4) is 0 Å². The summed E-state index contributed by atoms with van der Waals surface area (Å²) in [7, 11) is 0. The van der Waals surface area contributed by atoms with Gasteiger partial charge in [0.25, 0.3) is 5.91 Å². The molecule has 5 heterocycles. The molecule has 2 unspecified atom stereocenters. The lowest BCUT2D eigenvalue weighted by atomic mass is 9.79. The van der Waals surface area contributed by atoms with Crippen molar-refractivity contribution in [2.45, 2.75) is 31.8 Å². The minimum atomic E-state index is 0.00778. The molecule has 0 aromatic carbocycles. The smallest absolute Gasteiger partial charge is 0.263 e. The van der Waals surface area contributed by atoms with Crippen molar-refractivity contribution in [1.29, 1.82) is 0 Å². The summed E-state index contributed by atoms with van der Waals surface area (Å²) in [6.45, 7) is 4.57. The van der Waals surface area contributed by atoms with E-state index in [1.165, 1.54) is 37.3 Å². The second-order valence-corrected chi connectivity index (χ2v) is 7.41. The van der Waals surface area contributed by atoms with Gasteiger partial charge in [0.2, 0.25) is 0 Å². The van der Waals surface area contributed by atoms with Gasteiger partial charge in [-0.2, -0.15) is 0 Å². The molecule has 0 spiro atoms. The van der Waals surface area contributed by atoms with Crippen LogP contribution < -0.4 is 5.32 Å². The summed E-state index contributed by atoms with van der Waals surface area (Å²) < 4.78 is 0. The number of aromatic nitrogens is 2. The Hall–Kier alpha value is -1.79. The van der Waals surface area contributed by atoms with E-state index in [-0.39, 0.29) is 11.9 Å². The molecule has 2 bridgehead atoms. The SMILES string of the molecule is CC1C(NC(=O)c2cnc(-c3ccncc3)s2)C2CCN1CC2. The Morgan fingerprint density at radius 3 is 2.74 bits per heavy atom. The van der Waals surface area contributed by atoms with Crippen LogP contribution in [0.1, 0.15) is 29.4 Å². The monoisotopic (exact) mass is 328 g/mol. The molecule has 6 heteroatoms. The maximum Gasteiger partial charge on any atom is 0.263 e. The zero-order chi connectivity index (χ0) is 15.8. The fourth-order valence-electron chi connectivity index (χ4n) is 3.77. The van der Waals surface area contributed by atoms with E-state index in [2.05, 4.69) is 27.1 Å². The normalized spacial score (nSPS) is 29.4. The standard InChI is InChI=1S/C17H20N4OS/c1-11-15(12-4-8-21(11)9-5-12)20-16(22)14-10-19-17(23-14)13-2-6-18-7-3-13/h2-3,6-7,10-12,15H,4-5,8-9H2,1H3,(H,20,22). The van der Waals surface area contributed by atoms with Crippen molar-refractivity contribution < 1.29 is 4.79 Å². The number of amides is 1. The minimum Gasteiger partial charge on any atom is -0.347 e. The third-order valence-corrected chi connectivity index (χ3v) is 6.18. The fourth-order valence-corrected chi connectivity index (χ4v) is 4.60. The van der Waals surface area contributed by atoms with Crippen LogP contribution >= 0.6 is 11.3 Å². The van der Waals surface area contributed by atoms with E-state index in [9.17, 15) is 4.79 Å². The summed E-state index contributed by atoms with van der Waals surface area (Å²) >= 11 is 1.44. The predicted molar refractivity (Wildman–Crippen MR) is 90.4 cm³/mol. The van der Waals surface area contributed by atoms with Crippen LogP contribution in [-0.2, 0) is 0 Å². The summed E-state index contributed by atoms with van der Waals surface area (Å²) in [5.74, 6) is 0.625. The van der Waals surface area contributed by atoms with Crippen LogP contribution in [0.15, 0.2) is 30.7 Å². The van der Waals surface area contributed by atoms with E-state index >= 15 is 0 Å². The molecule has 0 radical (unpaired) electrons. The third-order valence-electron chi connectivity index (χ3n) is 5.13. The highest BCUT2D eigenvalue weighted by Gasteiger charge is 2.40. The first kappa shape index (κ1) is 14.8. The van der Waals surface area contributed by atoms with Crippen LogP contribution in [0.2, 0.25) is 0 Å². The van der Waals surface area contributed by atoms with Gasteiger partial charge in [-0.05, 0) is 50.9 Å². The Morgan fingerprint density at radius 2 is 2.04 bits per heavy atom. The zero-order valence-corrected chi connectivity index (χ0v) is 13.9. The molecule has 1 amide bonds. The van der Waals surface area contributed by atoms with E-state index in [0.29, 0.717) is 16.8 Å². The lowest BCUT2D eigenvalue weighted by Gasteiger charge is -2.49. The molecule has 3 fully saturated rings. The van der Waals surface area contributed by atoms with Crippen LogP contribution in [0.5, 0.6) is 0 Å². The summed E-state index contributed by atoms with van der Waals surface area (Å²) in [6.07, 6.45) is 7.55. The molecule has 2 atom stereocenters. The maximum atomic E-state index is 12.6. The summed E-state index contributed by atoms with van der Waals surface area (Å²) in [5.41, 5.74) is 1.00. The number of hydrogen-bond donors (Lipinski definition) is 1. The van der Waals surface area contributed by atoms with Gasteiger partial charge in [-0.25, -0.2) is 4.98 Å². The van der Waals surface area contributed by atoms with E-state index in [4.69, 9.17) is 0 Å². The summed E-state index contributed by atoms with van der Waals surface area (Å²) in [5, 5.41) is 4.12. The van der Waals surface area contributed by atoms with Gasteiger partial charge in [-0.15, -0.1) is 11.3 Å². The van der Waals surface area contributed by atoms with Gasteiger partial charge in [0.15, 0.2) is 0 Å². The van der Waals surface area contributed by atoms with Crippen LogP contribution in [0.25, 0.3) is 10.6 Å². The average Bonchev–Trinajstić information content (AvgIpc) is 3.09. The Kier molecular flexibility index (Phi) is 3.87. The average molecular weight is 328 g/mol. The van der Waals surface area contributed by atoms with Crippen LogP contribution in [-0.4, -0.2) is 45.9 Å². The Labute approximate surface area is 139 Å². The van der Waals surface area contributed by atoms with Crippen LogP contribution in [0, 0.1) is 5.92 Å². The molecule has 3 saturated heterocycles. The van der Waals surface area contributed by atoms with E-state index in [1.807, 2.05) is 12.1 Å². The lowest BCUT2D eigenvalue weighted by molar-refractivity contribution is 0.0218. The molecular weight excluding hydrogens is 308 g/mol. The largest absolute Gasteiger partial charge is 0.347 e. The lowest BCUT2D eigenvalue weighted by Crippen LogP contribution is -2.62. The highest BCUT2D eigenvalue weighted by atomic mass is 32.1. The molecule has 1 N–H and O–H groups in total. The van der Waals surface area contributed by atoms with E-state index < -0.39 is 0 Å². The molecule has 2 aromatic rings. The van der Waals surface area contributed by atoms with Gasteiger partial charge in [0.05, 0.1) is 6.20 Å². The number of fused-ring (bicyclic) bond motifs is 3. The van der Waals surface area contributed by atoms with Crippen molar-refractivity contribution >= 4 is 17.2 Å². The topological polar surface area (TPSA) is 58.1 Å². The van der Waals surface area contributed by atoms with Crippen molar-refractivity contribution in [2.75, 3.05) is 13.1 Å². The molecule has 5 nitrogen and oxygen atoms in total. The molecule has 0 aliphatic carbocycles. The predicted octanol–water partition coefficient (Wildman–Crippen LogP) is 2.42. The third kappa shape index (κ3) is 2.77. The zero-order valence-electron chi connectivity index (χ0n) is 13.1. The Bertz CT molecular complexity index is 692. The molecule has 23 heavy (non-hydrogen) atoms. The van der Waals surface area contributed by atoms with E-state index in [0.717, 1.165) is 10.6 Å². The van der Waals surface area contributed by atoms with Crippen molar-refractivity contribution in [2.24, 2.45) is 5.92 Å². The Balaban J connectivity index is 1.49. The highest BCUT2D eigenvalue weighted by molar-refractivity contribution is 7.16. The number of nitrogens with one attached hydrogen (secondary N) is 1. The number of pyridine rings is 1. The molecule has 120 valence electrons. The maximum absolute atomic E-state index is 12.6. The number of thiazole rings is 1. The molecular formula is C17H20N4OS. The first-order chi connectivity index (χ1) is 11.2. The van der Waals surface area contributed by atoms with Crippen molar-refractivity contribution in [1.82, 2.24) is 20.2 Å². The molecule has 2 aromatic heterocycles.